The van der Waals surface area contributed by atoms with Gasteiger partial charge in [-0.1, -0.05) is 30.3 Å². The molecule has 112 valence electrons. The minimum Gasteiger partial charge on any atom is -0.389 e. The summed E-state index contributed by atoms with van der Waals surface area (Å²) < 4.78 is 5.54. The van der Waals surface area contributed by atoms with Gasteiger partial charge in [0.15, 0.2) is 0 Å². The van der Waals surface area contributed by atoms with Crippen molar-refractivity contribution in [2.24, 2.45) is 0 Å². The minimum absolute atomic E-state index is 0.311. The number of anilines is 1. The molecule has 4 heteroatoms. The van der Waals surface area contributed by atoms with Gasteiger partial charge >= 0.3 is 0 Å². The zero-order valence-corrected chi connectivity index (χ0v) is 12.6. The average molecular weight is 286 g/mol. The Kier molecular flexibility index (Phi) is 5.72. The van der Waals surface area contributed by atoms with Gasteiger partial charge in [-0.05, 0) is 30.2 Å². The first-order valence-corrected chi connectivity index (χ1v) is 7.08. The predicted molar refractivity (Wildman–Crippen MR) is 84.3 cm³/mol. The van der Waals surface area contributed by atoms with Crippen molar-refractivity contribution in [1.29, 1.82) is 0 Å². The van der Waals surface area contributed by atoms with Crippen LogP contribution in [0.25, 0.3) is 0 Å². The Labute approximate surface area is 126 Å². The van der Waals surface area contributed by atoms with Gasteiger partial charge in [-0.15, -0.1) is 0 Å². The topological polar surface area (TPSA) is 45.6 Å². The van der Waals surface area contributed by atoms with Gasteiger partial charge in [0.05, 0.1) is 19.3 Å². The van der Waals surface area contributed by atoms with E-state index in [9.17, 15) is 5.11 Å². The van der Waals surface area contributed by atoms with E-state index in [4.69, 9.17) is 4.74 Å². The highest BCUT2D eigenvalue weighted by molar-refractivity contribution is 5.39. The molecule has 0 spiro atoms. The van der Waals surface area contributed by atoms with Crippen LogP contribution in [0.5, 0.6) is 0 Å². The van der Waals surface area contributed by atoms with Gasteiger partial charge in [0.1, 0.15) is 5.82 Å². The summed E-state index contributed by atoms with van der Waals surface area (Å²) in [7, 11) is 1.92. The lowest BCUT2D eigenvalue weighted by atomic mass is 10.2. The first-order valence-electron chi connectivity index (χ1n) is 7.08. The molecule has 1 atom stereocenters. The number of pyridine rings is 1. The highest BCUT2D eigenvalue weighted by atomic mass is 16.5. The third kappa shape index (κ3) is 5.17. The average Bonchev–Trinajstić information content (AvgIpc) is 2.48. The predicted octanol–water partition coefficient (Wildman–Crippen LogP) is 2.40. The summed E-state index contributed by atoms with van der Waals surface area (Å²) in [5.41, 5.74) is 2.26. The second-order valence-electron chi connectivity index (χ2n) is 5.23. The molecule has 0 aliphatic heterocycles. The van der Waals surface area contributed by atoms with Crippen molar-refractivity contribution in [2.45, 2.75) is 19.6 Å². The highest BCUT2D eigenvalue weighted by Gasteiger charge is 2.10. The van der Waals surface area contributed by atoms with Crippen molar-refractivity contribution in [3.8, 4) is 0 Å². The van der Waals surface area contributed by atoms with E-state index in [1.165, 1.54) is 0 Å². The molecular weight excluding hydrogens is 264 g/mol. The lowest BCUT2D eigenvalue weighted by Crippen LogP contribution is -2.32. The van der Waals surface area contributed by atoms with E-state index >= 15 is 0 Å². The SMILES string of the molecule is Cc1ccnc(N(C)CC(O)COCc2ccccc2)c1. The molecule has 1 heterocycles. The maximum Gasteiger partial charge on any atom is 0.128 e. The van der Waals surface area contributed by atoms with Crippen LogP contribution in [0.1, 0.15) is 11.1 Å². The van der Waals surface area contributed by atoms with Gasteiger partial charge in [-0.25, -0.2) is 4.98 Å². The molecule has 4 nitrogen and oxygen atoms in total. The molecule has 0 fully saturated rings. The van der Waals surface area contributed by atoms with Crippen LogP contribution in [0, 0.1) is 6.92 Å². The lowest BCUT2D eigenvalue weighted by Gasteiger charge is -2.22. The van der Waals surface area contributed by atoms with Crippen LogP contribution in [-0.2, 0) is 11.3 Å². The van der Waals surface area contributed by atoms with E-state index in [-0.39, 0.29) is 0 Å². The number of rotatable bonds is 7. The highest BCUT2D eigenvalue weighted by Crippen LogP contribution is 2.11. The third-order valence-corrected chi connectivity index (χ3v) is 3.20. The van der Waals surface area contributed by atoms with Gasteiger partial charge < -0.3 is 14.7 Å². The van der Waals surface area contributed by atoms with Gasteiger partial charge in [0.25, 0.3) is 0 Å². The molecule has 2 aromatic rings. The summed E-state index contributed by atoms with van der Waals surface area (Å²) in [5.74, 6) is 0.858. The van der Waals surface area contributed by atoms with Crippen molar-refractivity contribution in [1.82, 2.24) is 4.98 Å². The standard InChI is InChI=1S/C17H22N2O2/c1-14-8-9-18-17(10-14)19(2)11-16(20)13-21-12-15-6-4-3-5-7-15/h3-10,16,20H,11-13H2,1-2H3. The lowest BCUT2D eigenvalue weighted by molar-refractivity contribution is 0.0324. The minimum atomic E-state index is -0.541. The van der Waals surface area contributed by atoms with Gasteiger partial charge in [-0.3, -0.25) is 0 Å². The van der Waals surface area contributed by atoms with Crippen LogP contribution in [0.2, 0.25) is 0 Å². The van der Waals surface area contributed by atoms with E-state index in [0.717, 1.165) is 16.9 Å². The van der Waals surface area contributed by atoms with Crippen LogP contribution in [0.4, 0.5) is 5.82 Å². The molecule has 0 aliphatic carbocycles. The Morgan fingerprint density at radius 2 is 2.00 bits per heavy atom. The van der Waals surface area contributed by atoms with E-state index in [2.05, 4.69) is 4.98 Å². The summed E-state index contributed by atoms with van der Waals surface area (Å²) >= 11 is 0. The van der Waals surface area contributed by atoms with Gasteiger partial charge in [-0.2, -0.15) is 0 Å². The zero-order valence-electron chi connectivity index (χ0n) is 12.6. The Morgan fingerprint density at radius 3 is 2.71 bits per heavy atom. The fraction of sp³-hybridized carbons (Fsp3) is 0.353. The molecule has 0 bridgehead atoms. The van der Waals surface area contributed by atoms with Crippen molar-refractivity contribution in [3.63, 3.8) is 0 Å². The number of likely N-dealkylation sites (N-methyl/N-ethyl adjacent to an activating group) is 1. The monoisotopic (exact) mass is 286 g/mol. The van der Waals surface area contributed by atoms with Crippen LogP contribution >= 0.6 is 0 Å². The fourth-order valence-electron chi connectivity index (χ4n) is 2.08. The normalized spacial score (nSPS) is 12.1. The Morgan fingerprint density at radius 1 is 1.24 bits per heavy atom. The van der Waals surface area contributed by atoms with Crippen molar-refractivity contribution in [2.75, 3.05) is 25.1 Å². The maximum absolute atomic E-state index is 10.0. The summed E-state index contributed by atoms with van der Waals surface area (Å²) in [4.78, 5) is 6.23. The summed E-state index contributed by atoms with van der Waals surface area (Å²) in [6.07, 6.45) is 1.24. The second-order valence-corrected chi connectivity index (χ2v) is 5.23. The molecule has 1 aromatic carbocycles. The molecule has 21 heavy (non-hydrogen) atoms. The van der Waals surface area contributed by atoms with Crippen molar-refractivity contribution in [3.05, 3.63) is 59.8 Å². The Hall–Kier alpha value is -1.91. The first-order chi connectivity index (χ1) is 10.1. The quantitative estimate of drug-likeness (QED) is 0.849. The molecule has 0 saturated heterocycles. The Balaban J connectivity index is 1.75. The number of aromatic nitrogens is 1. The van der Waals surface area contributed by atoms with Crippen LogP contribution in [0.15, 0.2) is 48.7 Å². The number of nitrogens with zero attached hydrogens (tertiary/aromatic N) is 2. The van der Waals surface area contributed by atoms with E-state index in [1.54, 1.807) is 6.20 Å². The molecule has 0 radical (unpaired) electrons. The zero-order chi connectivity index (χ0) is 15.1. The second kappa shape index (κ2) is 7.76. The number of hydrogen-bond donors (Lipinski definition) is 1. The number of aryl methyl sites for hydroxylation is 1. The molecular formula is C17H22N2O2. The van der Waals surface area contributed by atoms with Crippen LogP contribution in [-0.4, -0.2) is 36.4 Å². The molecule has 1 unspecified atom stereocenters. The molecule has 0 aliphatic rings. The third-order valence-electron chi connectivity index (χ3n) is 3.20. The molecule has 1 aromatic heterocycles. The van der Waals surface area contributed by atoms with Crippen LogP contribution in [0.3, 0.4) is 0 Å². The van der Waals surface area contributed by atoms with Crippen molar-refractivity contribution >= 4 is 5.82 Å². The summed E-state index contributed by atoms with van der Waals surface area (Å²) in [6, 6.07) is 13.9. The largest absolute Gasteiger partial charge is 0.389 e. The molecule has 0 saturated carbocycles. The molecule has 2 rings (SSSR count). The van der Waals surface area contributed by atoms with Gasteiger partial charge in [0.2, 0.25) is 0 Å². The maximum atomic E-state index is 10.0. The smallest absolute Gasteiger partial charge is 0.128 e. The number of aliphatic hydroxyl groups excluding tert-OH is 1. The van der Waals surface area contributed by atoms with E-state index in [0.29, 0.717) is 19.8 Å². The summed E-state index contributed by atoms with van der Waals surface area (Å²) in [6.45, 7) is 3.35. The molecule has 1 N–H and O–H groups in total. The van der Waals surface area contributed by atoms with E-state index in [1.807, 2.05) is 61.3 Å². The van der Waals surface area contributed by atoms with Crippen LogP contribution < -0.4 is 4.90 Å². The fourth-order valence-corrected chi connectivity index (χ4v) is 2.08. The van der Waals surface area contributed by atoms with E-state index < -0.39 is 6.10 Å². The van der Waals surface area contributed by atoms with Crippen molar-refractivity contribution < 1.29 is 9.84 Å². The summed E-state index contributed by atoms with van der Waals surface area (Å²) in [5, 5.41) is 10.0. The number of benzene rings is 1. The number of ether oxygens (including phenoxy) is 1. The van der Waals surface area contributed by atoms with Gasteiger partial charge in [0, 0.05) is 19.8 Å². The number of hydrogen-bond acceptors (Lipinski definition) is 4. The molecule has 0 amide bonds. The number of aliphatic hydroxyl groups is 1. The first kappa shape index (κ1) is 15.5. The Bertz CT molecular complexity index is 545.